The van der Waals surface area contributed by atoms with Crippen LogP contribution in [0.15, 0.2) is 45.5 Å². The van der Waals surface area contributed by atoms with E-state index in [4.69, 9.17) is 4.42 Å². The van der Waals surface area contributed by atoms with Crippen molar-refractivity contribution in [2.75, 3.05) is 26.2 Å². The molecule has 2 saturated heterocycles. The molecule has 2 amide bonds. The summed E-state index contributed by atoms with van der Waals surface area (Å²) in [5, 5.41) is 7.29. The van der Waals surface area contributed by atoms with Crippen molar-refractivity contribution >= 4 is 40.3 Å². The summed E-state index contributed by atoms with van der Waals surface area (Å²) in [6, 6.07) is 8.14. The minimum Gasteiger partial charge on any atom is -0.458 e. The standard InChI is InChI=1S/C29H35N3O4S2/c1-17(2)16-22(33)32-25(21-6-5-14-37-21)23(27(34)20-8-7-19(4)36-20)24(28-18(3)9-15-38-28)26(32)29(35)31-12-10-30-11-13-31/h5-9,14-15,17,23-26,30H,10-13,16H2,1-4H3. The maximum Gasteiger partial charge on any atom is 0.246 e. The lowest BCUT2D eigenvalue weighted by Crippen LogP contribution is -2.55. The van der Waals surface area contributed by atoms with Crippen molar-refractivity contribution in [2.45, 2.75) is 52.1 Å². The Bertz CT molecular complexity index is 1290. The van der Waals surface area contributed by atoms with Crippen LogP contribution in [0, 0.1) is 25.7 Å². The first-order valence-corrected chi connectivity index (χ1v) is 15.0. The molecule has 4 atom stereocenters. The maximum absolute atomic E-state index is 14.4. The normalized spacial score (nSPS) is 23.8. The van der Waals surface area contributed by atoms with Crippen molar-refractivity contribution in [3.63, 3.8) is 0 Å². The fraction of sp³-hybridized carbons (Fsp3) is 0.483. The van der Waals surface area contributed by atoms with E-state index in [1.165, 1.54) is 11.3 Å². The van der Waals surface area contributed by atoms with Gasteiger partial charge in [-0.25, -0.2) is 0 Å². The second kappa shape index (κ2) is 11.2. The summed E-state index contributed by atoms with van der Waals surface area (Å²) in [5.41, 5.74) is 1.04. The number of hydrogen-bond donors (Lipinski definition) is 1. The molecular formula is C29H35N3O4S2. The van der Waals surface area contributed by atoms with Gasteiger partial charge in [0.1, 0.15) is 11.8 Å². The average molecular weight is 554 g/mol. The van der Waals surface area contributed by atoms with E-state index in [-0.39, 0.29) is 29.3 Å². The van der Waals surface area contributed by atoms with Crippen LogP contribution in [0.4, 0.5) is 0 Å². The Kier molecular flexibility index (Phi) is 7.88. The monoisotopic (exact) mass is 553 g/mol. The van der Waals surface area contributed by atoms with Crippen LogP contribution < -0.4 is 5.32 Å². The van der Waals surface area contributed by atoms with Crippen LogP contribution in [-0.4, -0.2) is 59.6 Å². The van der Waals surface area contributed by atoms with Gasteiger partial charge in [-0.2, -0.15) is 0 Å². The third-order valence-corrected chi connectivity index (χ3v) is 9.61. The fourth-order valence-electron chi connectivity index (χ4n) is 5.87. The van der Waals surface area contributed by atoms with Crippen molar-refractivity contribution in [3.8, 4) is 0 Å². The lowest BCUT2D eigenvalue weighted by molar-refractivity contribution is -0.146. The molecule has 4 unspecified atom stereocenters. The number of carbonyl (C=O) groups is 3. The van der Waals surface area contributed by atoms with Crippen molar-refractivity contribution in [3.05, 3.63) is 67.9 Å². The number of carbonyl (C=O) groups excluding carboxylic acids is 3. The molecule has 5 rings (SSSR count). The molecule has 0 bridgehead atoms. The van der Waals surface area contributed by atoms with Crippen LogP contribution in [0.2, 0.25) is 0 Å². The summed E-state index contributed by atoms with van der Waals surface area (Å²) in [4.78, 5) is 48.4. The third kappa shape index (κ3) is 4.99. The summed E-state index contributed by atoms with van der Waals surface area (Å²) >= 11 is 3.09. The molecule has 2 fully saturated rings. The van der Waals surface area contributed by atoms with Gasteiger partial charge >= 0.3 is 0 Å². The van der Waals surface area contributed by atoms with Gasteiger partial charge in [0.15, 0.2) is 5.76 Å². The van der Waals surface area contributed by atoms with E-state index in [0.717, 1.165) is 15.3 Å². The van der Waals surface area contributed by atoms with Gasteiger partial charge in [-0.3, -0.25) is 14.4 Å². The molecule has 202 valence electrons. The quantitative estimate of drug-likeness (QED) is 0.415. The molecule has 7 nitrogen and oxygen atoms in total. The number of nitrogens with zero attached hydrogens (tertiary/aromatic N) is 2. The van der Waals surface area contributed by atoms with Gasteiger partial charge in [0, 0.05) is 48.3 Å². The Morgan fingerprint density at radius 1 is 1.05 bits per heavy atom. The van der Waals surface area contributed by atoms with Crippen LogP contribution >= 0.6 is 22.7 Å². The number of nitrogens with one attached hydrogen (secondary N) is 1. The minimum absolute atomic E-state index is 0.0751. The lowest BCUT2D eigenvalue weighted by Gasteiger charge is -2.36. The zero-order chi connectivity index (χ0) is 27.0. The van der Waals surface area contributed by atoms with E-state index in [0.29, 0.717) is 38.4 Å². The summed E-state index contributed by atoms with van der Waals surface area (Å²) in [7, 11) is 0. The van der Waals surface area contributed by atoms with Gasteiger partial charge in [0.25, 0.3) is 0 Å². The Morgan fingerprint density at radius 2 is 1.82 bits per heavy atom. The number of aryl methyl sites for hydroxylation is 2. The highest BCUT2D eigenvalue weighted by molar-refractivity contribution is 7.10. The zero-order valence-electron chi connectivity index (χ0n) is 22.3. The molecule has 1 N–H and O–H groups in total. The lowest BCUT2D eigenvalue weighted by atomic mass is 9.80. The Morgan fingerprint density at radius 3 is 2.39 bits per heavy atom. The van der Waals surface area contributed by atoms with Gasteiger partial charge in [0.2, 0.25) is 17.6 Å². The topological polar surface area (TPSA) is 82.9 Å². The van der Waals surface area contributed by atoms with E-state index in [1.807, 2.05) is 61.6 Å². The van der Waals surface area contributed by atoms with Gasteiger partial charge in [-0.15, -0.1) is 22.7 Å². The fourth-order valence-corrected chi connectivity index (χ4v) is 7.84. The second-order valence-electron chi connectivity index (χ2n) is 10.7. The molecule has 0 aliphatic carbocycles. The molecule has 0 saturated carbocycles. The predicted octanol–water partition coefficient (Wildman–Crippen LogP) is 5.03. The van der Waals surface area contributed by atoms with E-state index >= 15 is 0 Å². The molecule has 5 heterocycles. The first kappa shape index (κ1) is 26.8. The van der Waals surface area contributed by atoms with Crippen LogP contribution in [0.3, 0.4) is 0 Å². The van der Waals surface area contributed by atoms with Crippen LogP contribution in [0.5, 0.6) is 0 Å². The van der Waals surface area contributed by atoms with E-state index < -0.39 is 23.9 Å². The third-order valence-electron chi connectivity index (χ3n) is 7.54. The molecule has 0 aromatic carbocycles. The number of thiophene rings is 2. The number of amides is 2. The predicted molar refractivity (Wildman–Crippen MR) is 150 cm³/mol. The summed E-state index contributed by atoms with van der Waals surface area (Å²) in [6.07, 6.45) is 0.310. The Balaban J connectivity index is 1.72. The van der Waals surface area contributed by atoms with Crippen molar-refractivity contribution < 1.29 is 18.8 Å². The number of ketones is 1. The molecule has 0 spiro atoms. The van der Waals surface area contributed by atoms with Crippen molar-refractivity contribution in [1.29, 1.82) is 0 Å². The number of rotatable bonds is 7. The van der Waals surface area contributed by atoms with E-state index in [9.17, 15) is 14.4 Å². The number of Topliss-reactive ketones (excluding diaryl/α,β-unsaturated/α-hetero) is 1. The molecule has 3 aromatic rings. The minimum atomic E-state index is -0.770. The molecule has 38 heavy (non-hydrogen) atoms. The maximum atomic E-state index is 14.4. The molecular weight excluding hydrogens is 518 g/mol. The SMILES string of the molecule is Cc1ccc(C(=O)C2C(c3sccc3C)C(C(=O)N3CCNCC3)N(C(=O)CC(C)C)C2c2cccs2)o1. The largest absolute Gasteiger partial charge is 0.458 e. The number of piperazine rings is 1. The molecule has 9 heteroatoms. The second-order valence-corrected chi connectivity index (χ2v) is 12.6. The molecule has 2 aliphatic rings. The highest BCUT2D eigenvalue weighted by Crippen LogP contribution is 2.54. The average Bonchev–Trinajstić information content (AvgIpc) is 3.69. The van der Waals surface area contributed by atoms with Crippen LogP contribution in [-0.2, 0) is 9.59 Å². The summed E-state index contributed by atoms with van der Waals surface area (Å²) in [6.45, 7) is 10.4. The van der Waals surface area contributed by atoms with E-state index in [2.05, 4.69) is 5.32 Å². The van der Waals surface area contributed by atoms with Gasteiger partial charge in [0.05, 0.1) is 12.0 Å². The molecule has 2 aliphatic heterocycles. The van der Waals surface area contributed by atoms with Crippen molar-refractivity contribution in [2.24, 2.45) is 11.8 Å². The number of furan rings is 1. The van der Waals surface area contributed by atoms with Crippen LogP contribution in [0.1, 0.15) is 63.9 Å². The van der Waals surface area contributed by atoms with Gasteiger partial charge in [-0.1, -0.05) is 19.9 Å². The van der Waals surface area contributed by atoms with Gasteiger partial charge in [-0.05, 0) is 60.4 Å². The highest BCUT2D eigenvalue weighted by Gasteiger charge is 2.59. The summed E-state index contributed by atoms with van der Waals surface area (Å²) in [5.74, 6) is -0.393. The Hall–Kier alpha value is -2.75. The smallest absolute Gasteiger partial charge is 0.246 e. The first-order chi connectivity index (χ1) is 18.3. The highest BCUT2D eigenvalue weighted by atomic mass is 32.1. The summed E-state index contributed by atoms with van der Waals surface area (Å²) < 4.78 is 5.84. The van der Waals surface area contributed by atoms with E-state index in [1.54, 1.807) is 28.4 Å². The molecule has 0 radical (unpaired) electrons. The van der Waals surface area contributed by atoms with Crippen LogP contribution in [0.25, 0.3) is 0 Å². The first-order valence-electron chi connectivity index (χ1n) is 13.3. The number of likely N-dealkylation sites (tertiary alicyclic amines) is 1. The Labute approximate surface area is 231 Å². The van der Waals surface area contributed by atoms with Gasteiger partial charge < -0.3 is 19.5 Å². The number of hydrogen-bond acceptors (Lipinski definition) is 7. The zero-order valence-corrected chi connectivity index (χ0v) is 23.9. The molecule has 3 aromatic heterocycles. The van der Waals surface area contributed by atoms with Crippen molar-refractivity contribution in [1.82, 2.24) is 15.1 Å².